The van der Waals surface area contributed by atoms with Crippen LogP contribution in [0.2, 0.25) is 0 Å². The van der Waals surface area contributed by atoms with Crippen LogP contribution in [0, 0.1) is 13.8 Å². The summed E-state index contributed by atoms with van der Waals surface area (Å²) in [6, 6.07) is 8.06. The number of aromatic nitrogens is 2. The first-order valence-corrected chi connectivity index (χ1v) is 7.83. The van der Waals surface area contributed by atoms with E-state index >= 15 is 0 Å². The Morgan fingerprint density at radius 2 is 1.82 bits per heavy atom. The Bertz CT molecular complexity index is 654. The molecule has 1 fully saturated rings. The molecule has 3 rings (SSSR count). The average molecular weight is 298 g/mol. The SMILES string of the molecule is Cc1[nH]nc(C(=O)Nc2ccc(N3CCCCC3)cc2)c1C. The highest BCUT2D eigenvalue weighted by atomic mass is 16.1. The molecule has 0 bridgehead atoms. The highest BCUT2D eigenvalue weighted by molar-refractivity contribution is 6.04. The third-order valence-corrected chi connectivity index (χ3v) is 4.31. The molecule has 0 unspecified atom stereocenters. The van der Waals surface area contributed by atoms with Gasteiger partial charge in [-0.2, -0.15) is 5.10 Å². The number of nitrogens with zero attached hydrogens (tertiary/aromatic N) is 2. The Morgan fingerprint density at radius 1 is 1.14 bits per heavy atom. The minimum atomic E-state index is -0.174. The number of H-pyrrole nitrogens is 1. The molecule has 1 aromatic heterocycles. The summed E-state index contributed by atoms with van der Waals surface area (Å²) in [6.45, 7) is 6.05. The molecule has 116 valence electrons. The summed E-state index contributed by atoms with van der Waals surface area (Å²) >= 11 is 0. The highest BCUT2D eigenvalue weighted by Crippen LogP contribution is 2.22. The van der Waals surface area contributed by atoms with Gasteiger partial charge >= 0.3 is 0 Å². The molecule has 2 heterocycles. The van der Waals surface area contributed by atoms with Crippen LogP contribution in [0.25, 0.3) is 0 Å². The minimum absolute atomic E-state index is 0.174. The van der Waals surface area contributed by atoms with Gasteiger partial charge in [0.25, 0.3) is 5.91 Å². The molecule has 2 N–H and O–H groups in total. The normalized spacial score (nSPS) is 14.9. The van der Waals surface area contributed by atoms with Crippen LogP contribution in [0.5, 0.6) is 0 Å². The van der Waals surface area contributed by atoms with Crippen LogP contribution >= 0.6 is 0 Å². The number of carbonyl (C=O) groups is 1. The number of aryl methyl sites for hydroxylation is 1. The molecule has 1 aromatic carbocycles. The first-order valence-electron chi connectivity index (χ1n) is 7.83. The van der Waals surface area contributed by atoms with Crippen molar-refractivity contribution in [1.82, 2.24) is 10.2 Å². The van der Waals surface area contributed by atoms with E-state index in [0.29, 0.717) is 5.69 Å². The number of rotatable bonds is 3. The van der Waals surface area contributed by atoms with Crippen molar-refractivity contribution in [2.45, 2.75) is 33.1 Å². The van der Waals surface area contributed by atoms with E-state index < -0.39 is 0 Å². The van der Waals surface area contributed by atoms with E-state index in [0.717, 1.165) is 30.0 Å². The van der Waals surface area contributed by atoms with E-state index in [-0.39, 0.29) is 5.91 Å². The Hall–Kier alpha value is -2.30. The smallest absolute Gasteiger partial charge is 0.276 e. The maximum Gasteiger partial charge on any atom is 0.276 e. The van der Waals surface area contributed by atoms with E-state index in [1.807, 2.05) is 26.0 Å². The Balaban J connectivity index is 1.68. The zero-order valence-corrected chi connectivity index (χ0v) is 13.1. The summed E-state index contributed by atoms with van der Waals surface area (Å²) in [4.78, 5) is 14.6. The lowest BCUT2D eigenvalue weighted by Crippen LogP contribution is -2.29. The summed E-state index contributed by atoms with van der Waals surface area (Å²) in [5.74, 6) is -0.174. The van der Waals surface area contributed by atoms with Crippen molar-refractivity contribution in [2.75, 3.05) is 23.3 Å². The van der Waals surface area contributed by atoms with Gasteiger partial charge in [-0.25, -0.2) is 0 Å². The van der Waals surface area contributed by atoms with E-state index in [4.69, 9.17) is 0 Å². The fourth-order valence-electron chi connectivity index (χ4n) is 2.80. The molecule has 0 atom stereocenters. The topological polar surface area (TPSA) is 61.0 Å². The van der Waals surface area contributed by atoms with Crippen molar-refractivity contribution in [1.29, 1.82) is 0 Å². The molecule has 1 amide bonds. The molecule has 0 aliphatic carbocycles. The zero-order chi connectivity index (χ0) is 15.5. The van der Waals surface area contributed by atoms with Crippen LogP contribution < -0.4 is 10.2 Å². The molecule has 0 saturated carbocycles. The second-order valence-corrected chi connectivity index (χ2v) is 5.87. The van der Waals surface area contributed by atoms with Gasteiger partial charge in [-0.3, -0.25) is 9.89 Å². The van der Waals surface area contributed by atoms with Crippen LogP contribution in [0.15, 0.2) is 24.3 Å². The molecule has 0 spiro atoms. The van der Waals surface area contributed by atoms with Gasteiger partial charge in [0.05, 0.1) is 0 Å². The van der Waals surface area contributed by atoms with Crippen LogP contribution in [-0.4, -0.2) is 29.2 Å². The predicted octanol–water partition coefficient (Wildman–Crippen LogP) is 3.27. The standard InChI is InChI=1S/C17H22N4O/c1-12-13(2)19-20-16(12)17(22)18-14-6-8-15(9-7-14)21-10-4-3-5-11-21/h6-9H,3-5,10-11H2,1-2H3,(H,18,22)(H,19,20). The van der Waals surface area contributed by atoms with Gasteiger partial charge in [-0.15, -0.1) is 0 Å². The van der Waals surface area contributed by atoms with E-state index in [1.165, 1.54) is 24.9 Å². The third kappa shape index (κ3) is 2.98. The number of carbonyl (C=O) groups excluding carboxylic acids is 1. The van der Waals surface area contributed by atoms with E-state index in [2.05, 4.69) is 32.5 Å². The largest absolute Gasteiger partial charge is 0.372 e. The number of aromatic amines is 1. The lowest BCUT2D eigenvalue weighted by molar-refractivity contribution is 0.102. The van der Waals surface area contributed by atoms with Crippen molar-refractivity contribution in [2.24, 2.45) is 0 Å². The molecule has 1 aliphatic heterocycles. The van der Waals surface area contributed by atoms with Crippen LogP contribution in [0.4, 0.5) is 11.4 Å². The number of nitrogens with one attached hydrogen (secondary N) is 2. The molecule has 22 heavy (non-hydrogen) atoms. The first kappa shape index (κ1) is 14.6. The van der Waals surface area contributed by atoms with Crippen LogP contribution in [0.3, 0.4) is 0 Å². The lowest BCUT2D eigenvalue weighted by Gasteiger charge is -2.28. The average Bonchev–Trinajstić information content (AvgIpc) is 2.88. The number of piperidine rings is 1. The second-order valence-electron chi connectivity index (χ2n) is 5.87. The Kier molecular flexibility index (Phi) is 4.13. The molecule has 5 nitrogen and oxygen atoms in total. The van der Waals surface area contributed by atoms with Crippen molar-refractivity contribution >= 4 is 17.3 Å². The maximum absolute atomic E-state index is 12.2. The molecule has 2 aromatic rings. The van der Waals surface area contributed by atoms with Gasteiger partial charge < -0.3 is 10.2 Å². The number of hydrogen-bond acceptors (Lipinski definition) is 3. The van der Waals surface area contributed by atoms with Crippen molar-refractivity contribution in [3.63, 3.8) is 0 Å². The van der Waals surface area contributed by atoms with E-state index in [1.54, 1.807) is 0 Å². The molecule has 5 heteroatoms. The highest BCUT2D eigenvalue weighted by Gasteiger charge is 2.15. The van der Waals surface area contributed by atoms with E-state index in [9.17, 15) is 4.79 Å². The van der Waals surface area contributed by atoms with Gasteiger partial charge in [0.1, 0.15) is 0 Å². The number of anilines is 2. The molecule has 1 aliphatic rings. The van der Waals surface area contributed by atoms with Crippen LogP contribution in [-0.2, 0) is 0 Å². The molecule has 0 radical (unpaired) electrons. The zero-order valence-electron chi connectivity index (χ0n) is 13.1. The Labute approximate surface area is 130 Å². The number of benzene rings is 1. The molecular weight excluding hydrogens is 276 g/mol. The summed E-state index contributed by atoms with van der Waals surface area (Å²) in [6.07, 6.45) is 3.85. The molecular formula is C17H22N4O. The quantitative estimate of drug-likeness (QED) is 0.914. The van der Waals surface area contributed by atoms with Crippen LogP contribution in [0.1, 0.15) is 41.0 Å². The maximum atomic E-state index is 12.2. The fraction of sp³-hybridized carbons (Fsp3) is 0.412. The fourth-order valence-corrected chi connectivity index (χ4v) is 2.80. The first-order chi connectivity index (χ1) is 10.6. The third-order valence-electron chi connectivity index (χ3n) is 4.31. The van der Waals surface area contributed by atoms with Gasteiger partial charge in [-0.1, -0.05) is 0 Å². The van der Waals surface area contributed by atoms with Crippen molar-refractivity contribution in [3.8, 4) is 0 Å². The van der Waals surface area contributed by atoms with Gasteiger partial charge in [0.2, 0.25) is 0 Å². The minimum Gasteiger partial charge on any atom is -0.372 e. The second kappa shape index (κ2) is 6.22. The molecule has 1 saturated heterocycles. The van der Waals surface area contributed by atoms with Crippen molar-refractivity contribution < 1.29 is 4.79 Å². The van der Waals surface area contributed by atoms with Crippen molar-refractivity contribution in [3.05, 3.63) is 41.2 Å². The number of amides is 1. The van der Waals surface area contributed by atoms with Gasteiger partial charge in [-0.05, 0) is 57.4 Å². The summed E-state index contributed by atoms with van der Waals surface area (Å²) in [7, 11) is 0. The predicted molar refractivity (Wildman–Crippen MR) is 88.5 cm³/mol. The lowest BCUT2D eigenvalue weighted by atomic mass is 10.1. The van der Waals surface area contributed by atoms with Gasteiger partial charge in [0, 0.05) is 35.7 Å². The Morgan fingerprint density at radius 3 is 2.41 bits per heavy atom. The monoisotopic (exact) mass is 298 g/mol. The summed E-state index contributed by atoms with van der Waals surface area (Å²) in [5.41, 5.74) is 4.29. The summed E-state index contributed by atoms with van der Waals surface area (Å²) < 4.78 is 0. The summed E-state index contributed by atoms with van der Waals surface area (Å²) in [5, 5.41) is 9.80. The van der Waals surface area contributed by atoms with Gasteiger partial charge in [0.15, 0.2) is 5.69 Å². The number of hydrogen-bond donors (Lipinski definition) is 2.